The van der Waals surface area contributed by atoms with Gasteiger partial charge in [-0.1, -0.05) is 11.6 Å². The number of carbonyl (C=O) groups excluding carboxylic acids is 1. The number of hydrogen-bond donors (Lipinski definition) is 1. The molecule has 0 aliphatic rings. The average molecular weight is 367 g/mol. The van der Waals surface area contributed by atoms with Crippen molar-refractivity contribution in [3.63, 3.8) is 0 Å². The highest BCUT2D eigenvalue weighted by Crippen LogP contribution is 2.25. The molecule has 10 heteroatoms. The molecule has 0 atom stereocenters. The number of thiazole rings is 1. The van der Waals surface area contributed by atoms with E-state index < -0.39 is 22.3 Å². The summed E-state index contributed by atoms with van der Waals surface area (Å²) in [7, 11) is 0. The smallest absolute Gasteiger partial charge is 0.295 e. The first kappa shape index (κ1) is 16.1. The molecule has 3 rings (SSSR count). The van der Waals surface area contributed by atoms with E-state index in [0.717, 1.165) is 18.2 Å². The van der Waals surface area contributed by atoms with E-state index in [2.05, 4.69) is 10.3 Å². The summed E-state index contributed by atoms with van der Waals surface area (Å²) < 4.78 is 14.8. The van der Waals surface area contributed by atoms with Crippen LogP contribution in [-0.2, 0) is 4.79 Å². The lowest BCUT2D eigenvalue weighted by Gasteiger charge is -2.03. The van der Waals surface area contributed by atoms with Gasteiger partial charge in [0.05, 0.1) is 16.7 Å². The largest absolute Gasteiger partial charge is 0.317 e. The number of benzene rings is 1. The van der Waals surface area contributed by atoms with Crippen molar-refractivity contribution in [2.45, 2.75) is 0 Å². The summed E-state index contributed by atoms with van der Waals surface area (Å²) in [6.45, 7) is 0. The number of halogens is 2. The first-order valence-electron chi connectivity index (χ1n) is 6.50. The number of fused-ring (bicyclic) bond motifs is 1. The van der Waals surface area contributed by atoms with Crippen LogP contribution < -0.4 is 5.32 Å². The molecule has 1 amide bonds. The van der Waals surface area contributed by atoms with Crippen molar-refractivity contribution in [1.29, 1.82) is 0 Å². The quantitative estimate of drug-likeness (QED) is 0.432. The molecule has 0 aliphatic heterocycles. The van der Waals surface area contributed by atoms with Crippen molar-refractivity contribution in [1.82, 2.24) is 9.38 Å². The van der Waals surface area contributed by atoms with E-state index in [1.807, 2.05) is 5.38 Å². The van der Waals surface area contributed by atoms with Gasteiger partial charge in [-0.25, -0.2) is 9.37 Å². The molecule has 0 saturated carbocycles. The summed E-state index contributed by atoms with van der Waals surface area (Å²) in [6.07, 6.45) is 4.36. The van der Waals surface area contributed by atoms with Crippen molar-refractivity contribution in [2.75, 3.05) is 5.32 Å². The average Bonchev–Trinajstić information content (AvgIpc) is 3.07. The van der Waals surface area contributed by atoms with Crippen LogP contribution in [-0.4, -0.2) is 20.2 Å². The predicted octanol–water partition coefficient (Wildman–Crippen LogP) is 3.75. The number of hydrogen-bond acceptors (Lipinski definition) is 5. The molecule has 0 aliphatic carbocycles. The Morgan fingerprint density at radius 3 is 3.04 bits per heavy atom. The molecule has 1 N–H and O–H groups in total. The van der Waals surface area contributed by atoms with E-state index in [-0.39, 0.29) is 10.8 Å². The number of rotatable bonds is 4. The van der Waals surface area contributed by atoms with Gasteiger partial charge in [-0.3, -0.25) is 19.3 Å². The van der Waals surface area contributed by atoms with Crippen LogP contribution in [0.15, 0.2) is 35.9 Å². The first-order chi connectivity index (χ1) is 11.5. The minimum Gasteiger partial charge on any atom is -0.317 e. The van der Waals surface area contributed by atoms with E-state index >= 15 is 0 Å². The Hall–Kier alpha value is -2.78. The number of anilines is 1. The molecule has 122 valence electrons. The number of aromatic nitrogens is 2. The topological polar surface area (TPSA) is 89.5 Å². The van der Waals surface area contributed by atoms with Crippen molar-refractivity contribution >= 4 is 51.3 Å². The molecular formula is C14H8ClFN4O3S. The molecule has 0 saturated heterocycles. The number of carbonyl (C=O) groups is 1. The Morgan fingerprint density at radius 2 is 2.29 bits per heavy atom. The van der Waals surface area contributed by atoms with E-state index in [1.54, 1.807) is 10.6 Å². The summed E-state index contributed by atoms with van der Waals surface area (Å²) >= 11 is 7.39. The van der Waals surface area contributed by atoms with E-state index in [1.165, 1.54) is 23.5 Å². The maximum atomic E-state index is 13.1. The van der Waals surface area contributed by atoms with E-state index in [9.17, 15) is 19.3 Å². The van der Waals surface area contributed by atoms with Gasteiger partial charge >= 0.3 is 0 Å². The SMILES string of the molecule is O=C(C=Cc1c(Cl)nc2sccn12)Nc1ccc(F)cc1[N+](=O)[O-]. The number of nitro groups is 1. The minimum absolute atomic E-state index is 0.101. The van der Waals surface area contributed by atoms with Crippen LogP contribution in [0.4, 0.5) is 15.8 Å². The fraction of sp³-hybridized carbons (Fsp3) is 0. The van der Waals surface area contributed by atoms with Gasteiger partial charge < -0.3 is 5.32 Å². The van der Waals surface area contributed by atoms with Crippen molar-refractivity contribution in [2.24, 2.45) is 0 Å². The summed E-state index contributed by atoms with van der Waals surface area (Å²) in [5, 5.41) is 15.3. The molecule has 1 aromatic carbocycles. The first-order valence-corrected chi connectivity index (χ1v) is 7.75. The molecule has 2 aromatic heterocycles. The Labute approximate surface area is 143 Å². The number of amides is 1. The van der Waals surface area contributed by atoms with Crippen molar-refractivity contribution < 1.29 is 14.1 Å². The molecule has 2 heterocycles. The maximum Gasteiger partial charge on any atom is 0.295 e. The van der Waals surface area contributed by atoms with Crippen molar-refractivity contribution in [3.8, 4) is 0 Å². The summed E-state index contributed by atoms with van der Waals surface area (Å²) in [4.78, 5) is 26.9. The van der Waals surface area contributed by atoms with Gasteiger partial charge in [0.15, 0.2) is 10.1 Å². The van der Waals surface area contributed by atoms with Gasteiger partial charge in [0, 0.05) is 17.7 Å². The normalized spacial score (nSPS) is 11.2. The monoisotopic (exact) mass is 366 g/mol. The van der Waals surface area contributed by atoms with Crippen LogP contribution in [0.5, 0.6) is 0 Å². The van der Waals surface area contributed by atoms with Gasteiger partial charge in [0.1, 0.15) is 11.5 Å². The van der Waals surface area contributed by atoms with E-state index in [4.69, 9.17) is 11.6 Å². The lowest BCUT2D eigenvalue weighted by Crippen LogP contribution is -2.09. The summed E-state index contributed by atoms with van der Waals surface area (Å²) in [6, 6.07) is 2.89. The molecule has 3 aromatic rings. The van der Waals surface area contributed by atoms with Gasteiger partial charge in [-0.05, 0) is 18.2 Å². The second-order valence-corrected chi connectivity index (χ2v) is 5.82. The van der Waals surface area contributed by atoms with Gasteiger partial charge in [-0.2, -0.15) is 0 Å². The second kappa shape index (κ2) is 6.38. The highest BCUT2D eigenvalue weighted by Gasteiger charge is 2.16. The number of nitro benzene ring substituents is 1. The molecule has 7 nitrogen and oxygen atoms in total. The third kappa shape index (κ3) is 3.12. The Balaban J connectivity index is 1.82. The Kier molecular flexibility index (Phi) is 4.28. The van der Waals surface area contributed by atoms with E-state index in [0.29, 0.717) is 10.7 Å². The van der Waals surface area contributed by atoms with Gasteiger partial charge in [-0.15, -0.1) is 11.3 Å². The lowest BCUT2D eigenvalue weighted by atomic mass is 10.2. The van der Waals surface area contributed by atoms with Crippen LogP contribution in [0.25, 0.3) is 11.0 Å². The number of imidazole rings is 1. The Morgan fingerprint density at radius 1 is 1.50 bits per heavy atom. The zero-order valence-corrected chi connectivity index (χ0v) is 13.3. The lowest BCUT2D eigenvalue weighted by molar-refractivity contribution is -0.384. The molecule has 0 radical (unpaired) electrons. The van der Waals surface area contributed by atoms with Crippen molar-refractivity contribution in [3.05, 3.63) is 62.6 Å². The second-order valence-electron chi connectivity index (χ2n) is 4.58. The highest BCUT2D eigenvalue weighted by molar-refractivity contribution is 7.15. The predicted molar refractivity (Wildman–Crippen MR) is 88.8 cm³/mol. The van der Waals surface area contributed by atoms with Crippen LogP contribution >= 0.6 is 22.9 Å². The van der Waals surface area contributed by atoms with Crippen LogP contribution in [0, 0.1) is 15.9 Å². The van der Waals surface area contributed by atoms with Gasteiger partial charge in [0.25, 0.3) is 5.69 Å². The number of nitrogens with zero attached hydrogens (tertiary/aromatic N) is 3. The van der Waals surface area contributed by atoms with Gasteiger partial charge in [0.2, 0.25) is 5.91 Å². The molecule has 0 spiro atoms. The van der Waals surface area contributed by atoms with Crippen LogP contribution in [0.3, 0.4) is 0 Å². The molecule has 0 unspecified atom stereocenters. The third-order valence-electron chi connectivity index (χ3n) is 3.06. The molecule has 0 fully saturated rings. The zero-order chi connectivity index (χ0) is 17.3. The van der Waals surface area contributed by atoms with Crippen LogP contribution in [0.2, 0.25) is 5.15 Å². The maximum absolute atomic E-state index is 13.1. The third-order valence-corrected chi connectivity index (χ3v) is 4.10. The zero-order valence-electron chi connectivity index (χ0n) is 11.8. The fourth-order valence-corrected chi connectivity index (χ4v) is 3.02. The molecule has 0 bridgehead atoms. The Bertz CT molecular complexity index is 982. The summed E-state index contributed by atoms with van der Waals surface area (Å²) in [5.41, 5.74) is -0.118. The minimum atomic E-state index is -0.773. The number of nitrogens with one attached hydrogen (secondary N) is 1. The summed E-state index contributed by atoms with van der Waals surface area (Å²) in [5.74, 6) is -1.38. The standard InChI is InChI=1S/C14H8ClFN4O3S/c15-13-10(19-5-6-24-14(19)18-13)3-4-12(21)17-9-2-1-8(16)7-11(9)20(22)23/h1-7H,(H,17,21). The van der Waals surface area contributed by atoms with Crippen LogP contribution in [0.1, 0.15) is 5.69 Å². The highest BCUT2D eigenvalue weighted by atomic mass is 35.5. The fourth-order valence-electron chi connectivity index (χ4n) is 2.02. The molecule has 24 heavy (non-hydrogen) atoms. The molecular weight excluding hydrogens is 359 g/mol.